The van der Waals surface area contributed by atoms with Crippen molar-refractivity contribution in [1.82, 2.24) is 0 Å². The normalized spacial score (nSPS) is 22.3. The Labute approximate surface area is 180 Å². The van der Waals surface area contributed by atoms with Gasteiger partial charge in [-0.05, 0) is 42.7 Å². The molecule has 0 unspecified atom stereocenters. The van der Waals surface area contributed by atoms with Crippen molar-refractivity contribution in [3.05, 3.63) is 60.2 Å². The van der Waals surface area contributed by atoms with Gasteiger partial charge in [0.05, 0.1) is 37.4 Å². The van der Waals surface area contributed by atoms with Crippen LogP contribution in [0.2, 0.25) is 0 Å². The Morgan fingerprint density at radius 2 is 1.87 bits per heavy atom. The SMILES string of the molecule is COc1ccc(NC(=O)c2cccc(N3C(=O)[C@H]4[C@@H](C)C=CC[C@H]4C3=O)c2)c(OC)c1. The van der Waals surface area contributed by atoms with E-state index in [1.807, 2.05) is 19.1 Å². The summed E-state index contributed by atoms with van der Waals surface area (Å²) < 4.78 is 10.5. The van der Waals surface area contributed by atoms with Crippen molar-refractivity contribution in [1.29, 1.82) is 0 Å². The molecule has 1 N–H and O–H groups in total. The van der Waals surface area contributed by atoms with Gasteiger partial charge in [-0.15, -0.1) is 0 Å². The lowest BCUT2D eigenvalue weighted by molar-refractivity contribution is -0.122. The van der Waals surface area contributed by atoms with Crippen molar-refractivity contribution in [2.75, 3.05) is 24.4 Å². The van der Waals surface area contributed by atoms with E-state index >= 15 is 0 Å². The molecule has 1 saturated heterocycles. The second-order valence-electron chi connectivity index (χ2n) is 7.74. The van der Waals surface area contributed by atoms with Crippen LogP contribution in [0.3, 0.4) is 0 Å². The van der Waals surface area contributed by atoms with E-state index in [4.69, 9.17) is 9.47 Å². The highest BCUT2D eigenvalue weighted by atomic mass is 16.5. The summed E-state index contributed by atoms with van der Waals surface area (Å²) in [5.41, 5.74) is 1.22. The number of hydrogen-bond donors (Lipinski definition) is 1. The number of methoxy groups -OCH3 is 2. The summed E-state index contributed by atoms with van der Waals surface area (Å²) in [5.74, 6) is -0.410. The fraction of sp³-hybridized carbons (Fsp3) is 0.292. The largest absolute Gasteiger partial charge is 0.497 e. The van der Waals surface area contributed by atoms with Crippen LogP contribution < -0.4 is 19.7 Å². The molecule has 1 heterocycles. The number of fused-ring (bicyclic) bond motifs is 1. The van der Waals surface area contributed by atoms with Crippen LogP contribution >= 0.6 is 0 Å². The van der Waals surface area contributed by atoms with Crippen LogP contribution in [0.15, 0.2) is 54.6 Å². The van der Waals surface area contributed by atoms with Crippen molar-refractivity contribution in [2.24, 2.45) is 17.8 Å². The zero-order chi connectivity index (χ0) is 22.1. The number of rotatable bonds is 5. The summed E-state index contributed by atoms with van der Waals surface area (Å²) in [7, 11) is 3.05. The summed E-state index contributed by atoms with van der Waals surface area (Å²) in [6, 6.07) is 11.6. The van der Waals surface area contributed by atoms with Gasteiger partial charge < -0.3 is 14.8 Å². The first kappa shape index (κ1) is 20.7. The Morgan fingerprint density at radius 1 is 1.06 bits per heavy atom. The van der Waals surface area contributed by atoms with Crippen LogP contribution in [-0.2, 0) is 9.59 Å². The number of ether oxygens (including phenoxy) is 2. The monoisotopic (exact) mass is 420 g/mol. The number of nitrogens with zero attached hydrogens (tertiary/aromatic N) is 1. The first-order chi connectivity index (χ1) is 14.9. The van der Waals surface area contributed by atoms with Gasteiger partial charge in [0.1, 0.15) is 11.5 Å². The van der Waals surface area contributed by atoms with Crippen molar-refractivity contribution >= 4 is 29.1 Å². The zero-order valence-electron chi connectivity index (χ0n) is 17.6. The lowest BCUT2D eigenvalue weighted by atomic mass is 9.78. The molecule has 7 nitrogen and oxygen atoms in total. The fourth-order valence-electron chi connectivity index (χ4n) is 4.28. The quantitative estimate of drug-likeness (QED) is 0.589. The Bertz CT molecular complexity index is 1080. The van der Waals surface area contributed by atoms with E-state index < -0.39 is 0 Å². The number of anilines is 2. The molecule has 3 atom stereocenters. The molecule has 0 radical (unpaired) electrons. The molecule has 0 bridgehead atoms. The molecule has 4 rings (SSSR count). The lowest BCUT2D eigenvalue weighted by Crippen LogP contribution is -2.31. The molecule has 160 valence electrons. The second-order valence-corrected chi connectivity index (χ2v) is 7.74. The number of imide groups is 1. The molecule has 31 heavy (non-hydrogen) atoms. The van der Waals surface area contributed by atoms with Gasteiger partial charge in [0.2, 0.25) is 11.8 Å². The summed E-state index contributed by atoms with van der Waals surface area (Å²) in [4.78, 5) is 40.1. The van der Waals surface area contributed by atoms with Gasteiger partial charge in [-0.3, -0.25) is 19.3 Å². The predicted octanol–water partition coefficient (Wildman–Crippen LogP) is 3.66. The molecule has 7 heteroatoms. The highest BCUT2D eigenvalue weighted by molar-refractivity contribution is 6.22. The molecule has 2 aromatic carbocycles. The summed E-state index contributed by atoms with van der Waals surface area (Å²) in [6.45, 7) is 1.95. The first-order valence-electron chi connectivity index (χ1n) is 10.1. The van der Waals surface area contributed by atoms with E-state index in [0.29, 0.717) is 34.9 Å². The standard InChI is InChI=1S/C24H24N2O5/c1-14-6-4-9-18-21(14)24(29)26(23(18)28)16-8-5-7-15(12-16)22(27)25-19-11-10-17(30-2)13-20(19)31-3/h4-8,10-14,18,21H,9H2,1-3H3,(H,25,27)/t14-,18+,21-/m0/s1. The maximum Gasteiger partial charge on any atom is 0.255 e. The van der Waals surface area contributed by atoms with E-state index in [-0.39, 0.29) is 35.5 Å². The van der Waals surface area contributed by atoms with Gasteiger partial charge in [-0.2, -0.15) is 0 Å². The Hall–Kier alpha value is -3.61. The van der Waals surface area contributed by atoms with E-state index in [2.05, 4.69) is 5.32 Å². The number of carbonyl (C=O) groups is 3. The minimum Gasteiger partial charge on any atom is -0.497 e. The minimum atomic E-state index is -0.378. The third-order valence-electron chi connectivity index (χ3n) is 5.90. The van der Waals surface area contributed by atoms with Crippen molar-refractivity contribution < 1.29 is 23.9 Å². The number of nitrogens with one attached hydrogen (secondary N) is 1. The molecule has 3 amide bonds. The summed E-state index contributed by atoms with van der Waals surface area (Å²) in [6.07, 6.45) is 4.52. The average molecular weight is 420 g/mol. The molecule has 0 saturated carbocycles. The van der Waals surface area contributed by atoms with Crippen LogP contribution in [0, 0.1) is 17.8 Å². The number of hydrogen-bond acceptors (Lipinski definition) is 5. The van der Waals surface area contributed by atoms with E-state index in [1.165, 1.54) is 12.0 Å². The van der Waals surface area contributed by atoms with Gasteiger partial charge in [0.25, 0.3) is 5.91 Å². The molecule has 0 aromatic heterocycles. The summed E-state index contributed by atoms with van der Waals surface area (Å²) in [5, 5.41) is 2.81. The van der Waals surface area contributed by atoms with Gasteiger partial charge >= 0.3 is 0 Å². The van der Waals surface area contributed by atoms with Gasteiger partial charge in [-0.1, -0.05) is 25.1 Å². The van der Waals surface area contributed by atoms with Crippen molar-refractivity contribution in [2.45, 2.75) is 13.3 Å². The molecule has 2 aromatic rings. The average Bonchev–Trinajstić information content (AvgIpc) is 3.05. The molecule has 2 aliphatic rings. The molecule has 1 aliphatic carbocycles. The lowest BCUT2D eigenvalue weighted by Gasteiger charge is -2.22. The van der Waals surface area contributed by atoms with Gasteiger partial charge in [-0.25, -0.2) is 0 Å². The van der Waals surface area contributed by atoms with Crippen LogP contribution in [-0.4, -0.2) is 31.9 Å². The predicted molar refractivity (Wildman–Crippen MR) is 116 cm³/mol. The molecular formula is C24H24N2O5. The van der Waals surface area contributed by atoms with E-state index in [0.717, 1.165) is 0 Å². The zero-order valence-corrected chi connectivity index (χ0v) is 17.6. The van der Waals surface area contributed by atoms with E-state index in [9.17, 15) is 14.4 Å². The molecular weight excluding hydrogens is 396 g/mol. The Kier molecular flexibility index (Phi) is 5.50. The third-order valence-corrected chi connectivity index (χ3v) is 5.90. The second kappa shape index (κ2) is 8.26. The van der Waals surface area contributed by atoms with Crippen LogP contribution in [0.5, 0.6) is 11.5 Å². The summed E-state index contributed by atoms with van der Waals surface area (Å²) >= 11 is 0. The number of benzene rings is 2. The third kappa shape index (κ3) is 3.67. The van der Waals surface area contributed by atoms with Crippen molar-refractivity contribution in [3.8, 4) is 11.5 Å². The fourth-order valence-corrected chi connectivity index (χ4v) is 4.28. The Morgan fingerprint density at radius 3 is 2.58 bits per heavy atom. The molecule has 1 aliphatic heterocycles. The highest BCUT2D eigenvalue weighted by Gasteiger charge is 2.50. The number of allylic oxidation sites excluding steroid dienone is 2. The van der Waals surface area contributed by atoms with Crippen LogP contribution in [0.25, 0.3) is 0 Å². The smallest absolute Gasteiger partial charge is 0.255 e. The van der Waals surface area contributed by atoms with E-state index in [1.54, 1.807) is 49.6 Å². The van der Waals surface area contributed by atoms with Gasteiger partial charge in [0.15, 0.2) is 0 Å². The first-order valence-corrected chi connectivity index (χ1v) is 10.1. The highest BCUT2D eigenvalue weighted by Crippen LogP contribution is 2.40. The molecule has 0 spiro atoms. The minimum absolute atomic E-state index is 0.00854. The van der Waals surface area contributed by atoms with Crippen LogP contribution in [0.1, 0.15) is 23.7 Å². The Balaban J connectivity index is 1.59. The molecule has 1 fully saturated rings. The number of carbonyl (C=O) groups excluding carboxylic acids is 3. The van der Waals surface area contributed by atoms with Gasteiger partial charge in [0, 0.05) is 11.6 Å². The topological polar surface area (TPSA) is 84.9 Å². The number of amides is 3. The maximum atomic E-state index is 13.0. The maximum absolute atomic E-state index is 13.0. The van der Waals surface area contributed by atoms with Crippen molar-refractivity contribution in [3.63, 3.8) is 0 Å². The van der Waals surface area contributed by atoms with Crippen LogP contribution in [0.4, 0.5) is 11.4 Å².